The Hall–Kier alpha value is -0.870. The summed E-state index contributed by atoms with van der Waals surface area (Å²) in [6.45, 7) is 5.02. The van der Waals surface area contributed by atoms with Gasteiger partial charge in [0.25, 0.3) is 0 Å². The van der Waals surface area contributed by atoms with Gasteiger partial charge < -0.3 is 15.4 Å². The van der Waals surface area contributed by atoms with E-state index < -0.39 is 5.54 Å². The smallest absolute Gasteiger partial charge is 0.106 e. The number of fused-ring (bicyclic) bond motifs is 1. The molecule has 1 aromatic heterocycles. The van der Waals surface area contributed by atoms with Crippen molar-refractivity contribution in [2.75, 3.05) is 6.61 Å². The highest BCUT2D eigenvalue weighted by Gasteiger charge is 2.19. The summed E-state index contributed by atoms with van der Waals surface area (Å²) in [6, 6.07) is 0. The molecule has 0 amide bonds. The predicted molar refractivity (Wildman–Crippen MR) is 72.5 cm³/mol. The Labute approximate surface area is 109 Å². The number of rotatable bonds is 5. The molecule has 0 aromatic carbocycles. The zero-order valence-electron chi connectivity index (χ0n) is 11.6. The number of nitrogens with two attached hydrogens (primary N) is 1. The van der Waals surface area contributed by atoms with Gasteiger partial charge in [0.05, 0.1) is 12.3 Å². The summed E-state index contributed by atoms with van der Waals surface area (Å²) in [5.41, 5.74) is 8.24. The first-order valence-corrected chi connectivity index (χ1v) is 6.98. The number of aliphatic hydroxyl groups is 1. The van der Waals surface area contributed by atoms with Gasteiger partial charge in [0.2, 0.25) is 0 Å². The Kier molecular flexibility index (Phi) is 4.07. The van der Waals surface area contributed by atoms with Crippen molar-refractivity contribution in [2.45, 2.75) is 64.5 Å². The van der Waals surface area contributed by atoms with Crippen molar-refractivity contribution < 1.29 is 5.11 Å². The highest BCUT2D eigenvalue weighted by Crippen LogP contribution is 2.23. The Balaban J connectivity index is 1.99. The number of hydrogen-bond acceptors (Lipinski definition) is 3. The fourth-order valence-corrected chi connectivity index (χ4v) is 2.75. The van der Waals surface area contributed by atoms with Crippen molar-refractivity contribution in [3.63, 3.8) is 0 Å². The van der Waals surface area contributed by atoms with E-state index in [9.17, 15) is 0 Å². The molecule has 1 unspecified atom stereocenters. The van der Waals surface area contributed by atoms with E-state index in [-0.39, 0.29) is 6.61 Å². The summed E-state index contributed by atoms with van der Waals surface area (Å²) in [7, 11) is 0. The highest BCUT2D eigenvalue weighted by molar-refractivity contribution is 5.19. The molecular formula is C14H25N3O. The third-order valence-corrected chi connectivity index (χ3v) is 3.91. The van der Waals surface area contributed by atoms with E-state index in [1.165, 1.54) is 24.2 Å². The largest absolute Gasteiger partial charge is 0.394 e. The van der Waals surface area contributed by atoms with Gasteiger partial charge in [-0.15, -0.1) is 0 Å². The maximum absolute atomic E-state index is 9.15. The second-order valence-corrected chi connectivity index (χ2v) is 5.83. The molecule has 18 heavy (non-hydrogen) atoms. The summed E-state index contributed by atoms with van der Waals surface area (Å²) >= 11 is 0. The zero-order valence-corrected chi connectivity index (χ0v) is 11.6. The van der Waals surface area contributed by atoms with Gasteiger partial charge in [0.15, 0.2) is 0 Å². The third kappa shape index (κ3) is 2.93. The van der Waals surface area contributed by atoms with Crippen LogP contribution in [0.2, 0.25) is 0 Å². The number of imidazole rings is 1. The van der Waals surface area contributed by atoms with Crippen molar-refractivity contribution in [3.05, 3.63) is 17.2 Å². The molecule has 2 rings (SSSR count). The van der Waals surface area contributed by atoms with Crippen LogP contribution in [0.5, 0.6) is 0 Å². The van der Waals surface area contributed by atoms with E-state index in [1.807, 2.05) is 6.92 Å². The minimum absolute atomic E-state index is 0.0496. The molecule has 0 radical (unpaired) electrons. The quantitative estimate of drug-likeness (QED) is 0.834. The Morgan fingerprint density at radius 2 is 2.11 bits per heavy atom. The van der Waals surface area contributed by atoms with Crippen molar-refractivity contribution in [1.82, 2.24) is 9.55 Å². The van der Waals surface area contributed by atoms with Crippen LogP contribution in [-0.2, 0) is 19.4 Å². The van der Waals surface area contributed by atoms with E-state index in [1.54, 1.807) is 0 Å². The van der Waals surface area contributed by atoms with Crippen LogP contribution >= 0.6 is 0 Å². The predicted octanol–water partition coefficient (Wildman–Crippen LogP) is 1.56. The Morgan fingerprint density at radius 1 is 1.39 bits per heavy atom. The number of aromatic nitrogens is 2. The minimum atomic E-state index is -0.450. The number of nitrogens with zero attached hydrogens (tertiary/aromatic N) is 2. The summed E-state index contributed by atoms with van der Waals surface area (Å²) in [4.78, 5) is 4.67. The molecular weight excluding hydrogens is 226 g/mol. The van der Waals surface area contributed by atoms with E-state index in [4.69, 9.17) is 10.8 Å². The summed E-state index contributed by atoms with van der Waals surface area (Å²) in [5.74, 6) is 1.13. The van der Waals surface area contributed by atoms with Crippen LogP contribution in [-0.4, -0.2) is 26.8 Å². The van der Waals surface area contributed by atoms with E-state index >= 15 is 0 Å². The first-order valence-electron chi connectivity index (χ1n) is 6.98. The van der Waals surface area contributed by atoms with Gasteiger partial charge in [-0.05, 0) is 52.4 Å². The molecule has 1 atom stereocenters. The maximum atomic E-state index is 9.15. The number of aliphatic hydroxyl groups excluding tert-OH is 1. The van der Waals surface area contributed by atoms with Crippen LogP contribution in [0.1, 0.15) is 49.8 Å². The summed E-state index contributed by atoms with van der Waals surface area (Å²) < 4.78 is 2.35. The van der Waals surface area contributed by atoms with Gasteiger partial charge >= 0.3 is 0 Å². The first-order chi connectivity index (χ1) is 8.53. The molecule has 0 spiro atoms. The fraction of sp³-hybridized carbons (Fsp3) is 0.786. The number of aryl methyl sites for hydroxylation is 2. The lowest BCUT2D eigenvalue weighted by molar-refractivity contribution is 0.196. The zero-order chi connectivity index (χ0) is 13.2. The molecule has 0 aliphatic heterocycles. The van der Waals surface area contributed by atoms with Crippen molar-refractivity contribution in [2.24, 2.45) is 5.73 Å². The standard InChI is InChI=1S/C14H25N3O/c1-11-16-12-6-3-4-7-13(12)17(11)9-5-8-14(2,15)10-18/h18H,3-10,15H2,1-2H3. The van der Waals surface area contributed by atoms with Gasteiger partial charge in [0, 0.05) is 17.8 Å². The molecule has 0 saturated heterocycles. The van der Waals surface area contributed by atoms with Crippen molar-refractivity contribution in [1.29, 1.82) is 0 Å². The normalized spacial score (nSPS) is 18.4. The molecule has 0 bridgehead atoms. The van der Waals surface area contributed by atoms with Gasteiger partial charge in [-0.1, -0.05) is 0 Å². The van der Waals surface area contributed by atoms with Crippen molar-refractivity contribution in [3.8, 4) is 0 Å². The molecule has 1 aliphatic rings. The monoisotopic (exact) mass is 251 g/mol. The number of hydrogen-bond donors (Lipinski definition) is 2. The average molecular weight is 251 g/mol. The lowest BCUT2D eigenvalue weighted by atomic mass is 9.98. The van der Waals surface area contributed by atoms with Crippen LogP contribution in [0, 0.1) is 6.92 Å². The van der Waals surface area contributed by atoms with Gasteiger partial charge in [-0.2, -0.15) is 0 Å². The molecule has 4 nitrogen and oxygen atoms in total. The topological polar surface area (TPSA) is 64.1 Å². The first kappa shape index (κ1) is 13.6. The molecule has 1 aliphatic carbocycles. The van der Waals surface area contributed by atoms with Gasteiger partial charge in [-0.3, -0.25) is 0 Å². The molecule has 1 heterocycles. The minimum Gasteiger partial charge on any atom is -0.394 e. The fourth-order valence-electron chi connectivity index (χ4n) is 2.75. The van der Waals surface area contributed by atoms with Crippen molar-refractivity contribution >= 4 is 0 Å². The lowest BCUT2D eigenvalue weighted by Crippen LogP contribution is -2.40. The highest BCUT2D eigenvalue weighted by atomic mass is 16.3. The second kappa shape index (κ2) is 5.41. The van der Waals surface area contributed by atoms with E-state index in [2.05, 4.69) is 16.5 Å². The Morgan fingerprint density at radius 3 is 2.83 bits per heavy atom. The van der Waals surface area contributed by atoms with Crippen LogP contribution in [0.4, 0.5) is 0 Å². The summed E-state index contributed by atoms with van der Waals surface area (Å²) in [5, 5.41) is 9.15. The molecule has 3 N–H and O–H groups in total. The summed E-state index contributed by atoms with van der Waals surface area (Å²) in [6.07, 6.45) is 6.69. The van der Waals surface area contributed by atoms with Gasteiger partial charge in [0.1, 0.15) is 5.82 Å². The van der Waals surface area contributed by atoms with Crippen LogP contribution in [0.25, 0.3) is 0 Å². The molecule has 0 saturated carbocycles. The lowest BCUT2D eigenvalue weighted by Gasteiger charge is -2.22. The van der Waals surface area contributed by atoms with Crippen LogP contribution in [0.3, 0.4) is 0 Å². The Bertz CT molecular complexity index is 409. The maximum Gasteiger partial charge on any atom is 0.106 e. The molecule has 102 valence electrons. The second-order valence-electron chi connectivity index (χ2n) is 5.83. The van der Waals surface area contributed by atoms with E-state index in [0.29, 0.717) is 0 Å². The van der Waals surface area contributed by atoms with Crippen LogP contribution in [0.15, 0.2) is 0 Å². The van der Waals surface area contributed by atoms with Crippen LogP contribution < -0.4 is 5.73 Å². The van der Waals surface area contributed by atoms with E-state index in [0.717, 1.165) is 38.1 Å². The molecule has 1 aromatic rings. The molecule has 0 fully saturated rings. The third-order valence-electron chi connectivity index (χ3n) is 3.91. The molecule has 4 heteroatoms. The SMILES string of the molecule is Cc1nc2c(n1CCCC(C)(N)CO)CCCC2. The van der Waals surface area contributed by atoms with Gasteiger partial charge in [-0.25, -0.2) is 4.98 Å². The average Bonchev–Trinajstić information content (AvgIpc) is 2.66.